The second-order valence-corrected chi connectivity index (χ2v) is 10.2. The van der Waals surface area contributed by atoms with Crippen molar-refractivity contribution in [3.63, 3.8) is 0 Å². The minimum Gasteiger partial charge on any atom is -0.481 e. The first-order valence-electron chi connectivity index (χ1n) is 11.7. The lowest BCUT2D eigenvalue weighted by Gasteiger charge is -2.36. The standard InChI is InChI=1S/C26H30N4O4/c1-25(2)9-5-16(6-10-25)20-13-18(26(34)11-7-17(8-12-26)24(32)33)3-4-21(20)30-23(31)22-28-15-19(14-27)29-22/h3-5,13,15,17,34H,6-12H2,1-2H3,(H,28,29)(H,30,31)(H,32,33). The molecule has 0 spiro atoms. The first-order chi connectivity index (χ1) is 16.1. The van der Waals surface area contributed by atoms with Crippen LogP contribution in [0.1, 0.15) is 86.2 Å². The topological polar surface area (TPSA) is 139 Å². The van der Waals surface area contributed by atoms with Gasteiger partial charge in [-0.3, -0.25) is 9.59 Å². The fourth-order valence-electron chi connectivity index (χ4n) is 4.84. The molecule has 34 heavy (non-hydrogen) atoms. The molecule has 2 aromatic rings. The van der Waals surface area contributed by atoms with E-state index < -0.39 is 23.4 Å². The van der Waals surface area contributed by atoms with Gasteiger partial charge in [0.1, 0.15) is 11.8 Å². The molecule has 1 saturated carbocycles. The number of aromatic amines is 1. The number of anilines is 1. The van der Waals surface area contributed by atoms with Gasteiger partial charge in [-0.1, -0.05) is 26.0 Å². The third kappa shape index (κ3) is 4.90. The molecular formula is C26H30N4O4. The third-order valence-electron chi connectivity index (χ3n) is 7.20. The zero-order chi connectivity index (χ0) is 24.5. The van der Waals surface area contributed by atoms with Crippen molar-refractivity contribution in [1.82, 2.24) is 9.97 Å². The number of carboxylic acid groups (broad SMARTS) is 1. The lowest BCUT2D eigenvalue weighted by Crippen LogP contribution is -2.34. The first-order valence-corrected chi connectivity index (χ1v) is 11.7. The van der Waals surface area contributed by atoms with Gasteiger partial charge in [0.15, 0.2) is 5.82 Å². The van der Waals surface area contributed by atoms with E-state index in [9.17, 15) is 19.8 Å². The molecule has 1 aromatic heterocycles. The number of H-pyrrole nitrogens is 1. The van der Waals surface area contributed by atoms with Gasteiger partial charge in [-0.25, -0.2) is 4.98 Å². The number of aromatic nitrogens is 2. The normalized spacial score (nSPS) is 24.1. The molecule has 0 bridgehead atoms. The number of nitrogens with one attached hydrogen (secondary N) is 2. The summed E-state index contributed by atoms with van der Waals surface area (Å²) in [5.74, 6) is -1.63. The first kappa shape index (κ1) is 23.7. The van der Waals surface area contributed by atoms with Crippen LogP contribution in [0.4, 0.5) is 5.69 Å². The quantitative estimate of drug-likeness (QED) is 0.512. The van der Waals surface area contributed by atoms with E-state index in [0.29, 0.717) is 31.4 Å². The summed E-state index contributed by atoms with van der Waals surface area (Å²) in [5, 5.41) is 32.6. The Bertz CT molecular complexity index is 1180. The van der Waals surface area contributed by atoms with E-state index in [1.807, 2.05) is 12.1 Å². The van der Waals surface area contributed by atoms with Crippen LogP contribution in [0.5, 0.6) is 0 Å². The maximum atomic E-state index is 12.8. The monoisotopic (exact) mass is 462 g/mol. The number of carbonyl (C=O) groups is 2. The molecule has 2 aliphatic rings. The Hall–Kier alpha value is -3.44. The van der Waals surface area contributed by atoms with Gasteiger partial charge in [-0.05, 0) is 73.6 Å². The summed E-state index contributed by atoms with van der Waals surface area (Å²) in [4.78, 5) is 30.8. The van der Waals surface area contributed by atoms with Crippen molar-refractivity contribution in [3.05, 3.63) is 53.1 Å². The predicted octanol–water partition coefficient (Wildman–Crippen LogP) is 4.59. The lowest BCUT2D eigenvalue weighted by molar-refractivity contribution is -0.145. The summed E-state index contributed by atoms with van der Waals surface area (Å²) < 4.78 is 0. The smallest absolute Gasteiger partial charge is 0.306 e. The zero-order valence-corrected chi connectivity index (χ0v) is 19.5. The second-order valence-electron chi connectivity index (χ2n) is 10.2. The number of imidazole rings is 1. The number of amides is 1. The summed E-state index contributed by atoms with van der Waals surface area (Å²) >= 11 is 0. The summed E-state index contributed by atoms with van der Waals surface area (Å²) in [6.45, 7) is 4.46. The Balaban J connectivity index is 1.66. The van der Waals surface area contributed by atoms with E-state index in [1.54, 1.807) is 12.1 Å². The molecule has 2 aliphatic carbocycles. The van der Waals surface area contributed by atoms with Crippen LogP contribution in [-0.2, 0) is 10.4 Å². The van der Waals surface area contributed by atoms with E-state index in [4.69, 9.17) is 5.26 Å². The summed E-state index contributed by atoms with van der Waals surface area (Å²) in [6.07, 6.45) is 7.89. The molecule has 8 heteroatoms. The fraction of sp³-hybridized carbons (Fsp3) is 0.462. The molecule has 1 amide bonds. The molecule has 178 valence electrons. The zero-order valence-electron chi connectivity index (χ0n) is 19.5. The highest BCUT2D eigenvalue weighted by Crippen LogP contribution is 2.44. The Labute approximate surface area is 198 Å². The summed E-state index contributed by atoms with van der Waals surface area (Å²) in [5.41, 5.74) is 2.62. The number of nitrogens with zero attached hydrogens (tertiary/aromatic N) is 2. The number of aliphatic carboxylic acids is 1. The SMILES string of the molecule is CC1(C)CC=C(c2cc(C3(O)CCC(C(=O)O)CC3)ccc2NC(=O)c2ncc(C#N)[nH]2)CC1. The molecule has 1 aromatic carbocycles. The van der Waals surface area contributed by atoms with Crippen molar-refractivity contribution in [2.45, 2.75) is 64.4 Å². The average molecular weight is 463 g/mol. The number of carbonyl (C=O) groups excluding carboxylic acids is 1. The molecule has 4 rings (SSSR count). The van der Waals surface area contributed by atoms with Crippen LogP contribution in [0.15, 0.2) is 30.5 Å². The van der Waals surface area contributed by atoms with Gasteiger partial charge in [0.25, 0.3) is 5.91 Å². The predicted molar refractivity (Wildman–Crippen MR) is 127 cm³/mol. The Morgan fingerprint density at radius 2 is 1.97 bits per heavy atom. The average Bonchev–Trinajstić information content (AvgIpc) is 3.29. The van der Waals surface area contributed by atoms with Crippen LogP contribution in [0.25, 0.3) is 5.57 Å². The molecule has 0 aliphatic heterocycles. The number of allylic oxidation sites excluding steroid dienone is 2. The van der Waals surface area contributed by atoms with E-state index in [-0.39, 0.29) is 16.9 Å². The molecule has 1 fully saturated rings. The minimum absolute atomic E-state index is 0.0518. The molecular weight excluding hydrogens is 432 g/mol. The van der Waals surface area contributed by atoms with Crippen LogP contribution in [-0.4, -0.2) is 32.1 Å². The number of aliphatic hydroxyl groups is 1. The number of hydrogen-bond donors (Lipinski definition) is 4. The van der Waals surface area contributed by atoms with E-state index >= 15 is 0 Å². The number of carboxylic acids is 1. The van der Waals surface area contributed by atoms with E-state index in [1.165, 1.54) is 6.20 Å². The van der Waals surface area contributed by atoms with Gasteiger partial charge in [0, 0.05) is 11.3 Å². The van der Waals surface area contributed by atoms with Crippen LogP contribution in [0.3, 0.4) is 0 Å². The molecule has 1 heterocycles. The molecule has 0 radical (unpaired) electrons. The van der Waals surface area contributed by atoms with Crippen molar-refractivity contribution in [2.75, 3.05) is 5.32 Å². The van der Waals surface area contributed by atoms with Gasteiger partial charge in [-0.2, -0.15) is 5.26 Å². The maximum Gasteiger partial charge on any atom is 0.306 e. The number of rotatable bonds is 5. The number of nitriles is 1. The van der Waals surface area contributed by atoms with E-state index in [2.05, 4.69) is 35.2 Å². The Kier molecular flexibility index (Phi) is 6.32. The highest BCUT2D eigenvalue weighted by molar-refractivity contribution is 6.03. The highest BCUT2D eigenvalue weighted by atomic mass is 16.4. The number of hydrogen-bond acceptors (Lipinski definition) is 5. The van der Waals surface area contributed by atoms with Crippen molar-refractivity contribution in [3.8, 4) is 6.07 Å². The van der Waals surface area contributed by atoms with Crippen molar-refractivity contribution in [1.29, 1.82) is 5.26 Å². The van der Waals surface area contributed by atoms with Gasteiger partial charge in [0.2, 0.25) is 0 Å². The van der Waals surface area contributed by atoms with Crippen molar-refractivity contribution in [2.24, 2.45) is 11.3 Å². The molecule has 0 atom stereocenters. The van der Waals surface area contributed by atoms with Crippen LogP contribution < -0.4 is 5.32 Å². The largest absolute Gasteiger partial charge is 0.481 e. The van der Waals surface area contributed by atoms with Crippen molar-refractivity contribution < 1.29 is 19.8 Å². The molecule has 8 nitrogen and oxygen atoms in total. The molecule has 4 N–H and O–H groups in total. The van der Waals surface area contributed by atoms with E-state index in [0.717, 1.165) is 36.0 Å². The lowest BCUT2D eigenvalue weighted by atomic mass is 9.73. The van der Waals surface area contributed by atoms with Crippen LogP contribution in [0.2, 0.25) is 0 Å². The van der Waals surface area contributed by atoms with Gasteiger partial charge >= 0.3 is 5.97 Å². The second kappa shape index (κ2) is 9.07. The maximum absolute atomic E-state index is 12.8. The minimum atomic E-state index is -1.10. The van der Waals surface area contributed by atoms with Gasteiger partial charge in [-0.15, -0.1) is 0 Å². The summed E-state index contributed by atoms with van der Waals surface area (Å²) in [6, 6.07) is 7.45. The Morgan fingerprint density at radius 1 is 1.24 bits per heavy atom. The molecule has 0 unspecified atom stereocenters. The number of benzene rings is 1. The Morgan fingerprint density at radius 3 is 2.56 bits per heavy atom. The summed E-state index contributed by atoms with van der Waals surface area (Å²) in [7, 11) is 0. The van der Waals surface area contributed by atoms with Crippen LogP contribution in [0, 0.1) is 22.7 Å². The third-order valence-corrected chi connectivity index (χ3v) is 7.20. The van der Waals surface area contributed by atoms with Crippen molar-refractivity contribution >= 4 is 23.1 Å². The van der Waals surface area contributed by atoms with Gasteiger partial charge in [0.05, 0.1) is 17.7 Å². The van der Waals surface area contributed by atoms with Gasteiger partial charge < -0.3 is 20.5 Å². The molecule has 0 saturated heterocycles. The van der Waals surface area contributed by atoms with Crippen LogP contribution >= 0.6 is 0 Å². The highest BCUT2D eigenvalue weighted by Gasteiger charge is 2.37. The fourth-order valence-corrected chi connectivity index (χ4v) is 4.84.